The van der Waals surface area contributed by atoms with Crippen molar-refractivity contribution in [1.82, 2.24) is 9.55 Å². The standard InChI is InChI=1S/C24H22N2O2/c1-2-5-23-25-21-6-3-4-7-22(21)26(23)16-17-8-10-18(11-9-17)19-12-14-20(15-13-19)24(27)28/h3-4,6-15H,2,5,16H2,1H3,(H,27,28). The summed E-state index contributed by atoms with van der Waals surface area (Å²) in [6, 6.07) is 23.7. The molecule has 4 heteroatoms. The lowest BCUT2D eigenvalue weighted by atomic mass is 10.0. The number of hydrogen-bond donors (Lipinski definition) is 1. The van der Waals surface area contributed by atoms with Crippen LogP contribution < -0.4 is 0 Å². The molecule has 0 bridgehead atoms. The molecule has 0 fully saturated rings. The normalized spacial score (nSPS) is 11.0. The van der Waals surface area contributed by atoms with E-state index in [0.29, 0.717) is 5.56 Å². The van der Waals surface area contributed by atoms with Crippen LogP contribution in [0.5, 0.6) is 0 Å². The number of aryl methyl sites for hydroxylation is 1. The summed E-state index contributed by atoms with van der Waals surface area (Å²) in [5.74, 6) is 0.217. The summed E-state index contributed by atoms with van der Waals surface area (Å²) in [5, 5.41) is 9.03. The van der Waals surface area contributed by atoms with Crippen LogP contribution in [-0.2, 0) is 13.0 Å². The monoisotopic (exact) mass is 370 g/mol. The van der Waals surface area contributed by atoms with Crippen molar-refractivity contribution in [3.63, 3.8) is 0 Å². The number of benzene rings is 3. The molecule has 0 spiro atoms. The Labute approximate surface area is 164 Å². The van der Waals surface area contributed by atoms with Crippen LogP contribution in [0.3, 0.4) is 0 Å². The van der Waals surface area contributed by atoms with Crippen LogP contribution in [0, 0.1) is 0 Å². The van der Waals surface area contributed by atoms with Crippen molar-refractivity contribution in [2.24, 2.45) is 0 Å². The van der Waals surface area contributed by atoms with Gasteiger partial charge < -0.3 is 9.67 Å². The number of carboxylic acid groups (broad SMARTS) is 1. The largest absolute Gasteiger partial charge is 0.478 e. The van der Waals surface area contributed by atoms with E-state index in [0.717, 1.165) is 41.9 Å². The molecule has 140 valence electrons. The maximum atomic E-state index is 11.0. The van der Waals surface area contributed by atoms with Gasteiger partial charge in [-0.3, -0.25) is 0 Å². The molecule has 0 aliphatic heterocycles. The highest BCUT2D eigenvalue weighted by atomic mass is 16.4. The molecular formula is C24H22N2O2. The molecule has 1 heterocycles. The van der Waals surface area contributed by atoms with Crippen molar-refractivity contribution in [1.29, 1.82) is 0 Å². The van der Waals surface area contributed by atoms with Gasteiger partial charge in [-0.1, -0.05) is 55.5 Å². The summed E-state index contributed by atoms with van der Waals surface area (Å²) in [5.41, 5.74) is 5.81. The van der Waals surface area contributed by atoms with Crippen molar-refractivity contribution in [2.75, 3.05) is 0 Å². The quantitative estimate of drug-likeness (QED) is 0.494. The number of rotatable bonds is 6. The SMILES string of the molecule is CCCc1nc2ccccc2n1Cc1ccc(-c2ccc(C(=O)O)cc2)cc1. The molecule has 3 aromatic carbocycles. The summed E-state index contributed by atoms with van der Waals surface area (Å²) in [6.45, 7) is 2.96. The second-order valence-electron chi connectivity index (χ2n) is 6.93. The number of aromatic nitrogens is 2. The second kappa shape index (κ2) is 7.69. The predicted molar refractivity (Wildman–Crippen MR) is 112 cm³/mol. The lowest BCUT2D eigenvalue weighted by Gasteiger charge is -2.10. The summed E-state index contributed by atoms with van der Waals surface area (Å²) >= 11 is 0. The zero-order chi connectivity index (χ0) is 19.5. The van der Waals surface area contributed by atoms with Crippen molar-refractivity contribution < 1.29 is 9.90 Å². The molecule has 1 aromatic heterocycles. The van der Waals surface area contributed by atoms with Crippen LogP contribution in [0.4, 0.5) is 0 Å². The van der Waals surface area contributed by atoms with Crippen molar-refractivity contribution in [3.8, 4) is 11.1 Å². The van der Waals surface area contributed by atoms with Gasteiger partial charge in [-0.05, 0) is 47.4 Å². The van der Waals surface area contributed by atoms with Gasteiger partial charge in [-0.2, -0.15) is 0 Å². The van der Waals surface area contributed by atoms with Gasteiger partial charge in [0, 0.05) is 13.0 Å². The van der Waals surface area contributed by atoms with Gasteiger partial charge in [-0.25, -0.2) is 9.78 Å². The van der Waals surface area contributed by atoms with E-state index in [-0.39, 0.29) is 0 Å². The Hall–Kier alpha value is -3.40. The third-order valence-electron chi connectivity index (χ3n) is 4.97. The van der Waals surface area contributed by atoms with Crippen LogP contribution in [0.25, 0.3) is 22.2 Å². The van der Waals surface area contributed by atoms with Gasteiger partial charge >= 0.3 is 5.97 Å². The van der Waals surface area contributed by atoms with E-state index in [9.17, 15) is 4.79 Å². The lowest BCUT2D eigenvalue weighted by molar-refractivity contribution is 0.0697. The number of carbonyl (C=O) groups is 1. The zero-order valence-corrected chi connectivity index (χ0v) is 15.8. The fourth-order valence-electron chi connectivity index (χ4n) is 3.51. The molecule has 0 amide bonds. The van der Waals surface area contributed by atoms with E-state index in [1.54, 1.807) is 12.1 Å². The van der Waals surface area contributed by atoms with E-state index in [2.05, 4.69) is 54.0 Å². The van der Waals surface area contributed by atoms with Crippen molar-refractivity contribution in [2.45, 2.75) is 26.3 Å². The van der Waals surface area contributed by atoms with Gasteiger partial charge in [0.15, 0.2) is 0 Å². The smallest absolute Gasteiger partial charge is 0.335 e. The van der Waals surface area contributed by atoms with Crippen LogP contribution in [0.1, 0.15) is 35.1 Å². The molecule has 0 aliphatic carbocycles. The number of nitrogens with zero attached hydrogens (tertiary/aromatic N) is 2. The highest BCUT2D eigenvalue weighted by Crippen LogP contribution is 2.23. The fourth-order valence-corrected chi connectivity index (χ4v) is 3.51. The van der Waals surface area contributed by atoms with Crippen molar-refractivity contribution >= 4 is 17.0 Å². The topological polar surface area (TPSA) is 55.1 Å². The summed E-state index contributed by atoms with van der Waals surface area (Å²) in [4.78, 5) is 15.8. The van der Waals surface area contributed by atoms with E-state index < -0.39 is 5.97 Å². The van der Waals surface area contributed by atoms with Crippen LogP contribution in [0.2, 0.25) is 0 Å². The molecule has 4 nitrogen and oxygen atoms in total. The predicted octanol–water partition coefficient (Wildman–Crippen LogP) is 5.40. The highest BCUT2D eigenvalue weighted by molar-refractivity contribution is 5.88. The first-order valence-corrected chi connectivity index (χ1v) is 9.52. The molecular weight excluding hydrogens is 348 g/mol. The molecule has 1 N–H and O–H groups in total. The number of para-hydroxylation sites is 2. The van der Waals surface area contributed by atoms with E-state index in [1.807, 2.05) is 18.2 Å². The fraction of sp³-hybridized carbons (Fsp3) is 0.167. The highest BCUT2D eigenvalue weighted by Gasteiger charge is 2.10. The zero-order valence-electron chi connectivity index (χ0n) is 15.8. The molecule has 0 unspecified atom stereocenters. The Morgan fingerprint density at radius 1 is 0.929 bits per heavy atom. The maximum absolute atomic E-state index is 11.0. The summed E-state index contributed by atoms with van der Waals surface area (Å²) in [7, 11) is 0. The van der Waals surface area contributed by atoms with Gasteiger partial charge in [-0.15, -0.1) is 0 Å². The molecule has 0 saturated heterocycles. The number of fused-ring (bicyclic) bond motifs is 1. The molecule has 0 radical (unpaired) electrons. The van der Waals surface area contributed by atoms with E-state index in [4.69, 9.17) is 10.1 Å². The number of hydrogen-bond acceptors (Lipinski definition) is 2. The van der Waals surface area contributed by atoms with Crippen molar-refractivity contribution in [3.05, 3.63) is 89.7 Å². The lowest BCUT2D eigenvalue weighted by Crippen LogP contribution is -2.05. The van der Waals surface area contributed by atoms with Crippen LogP contribution in [-0.4, -0.2) is 20.6 Å². The summed E-state index contributed by atoms with van der Waals surface area (Å²) < 4.78 is 2.30. The number of carboxylic acids is 1. The molecule has 4 aromatic rings. The Balaban J connectivity index is 1.61. The summed E-state index contributed by atoms with van der Waals surface area (Å²) in [6.07, 6.45) is 2.03. The third kappa shape index (κ3) is 3.54. The Morgan fingerprint density at radius 3 is 2.21 bits per heavy atom. The molecule has 0 aliphatic rings. The first-order valence-electron chi connectivity index (χ1n) is 9.52. The first kappa shape index (κ1) is 18.0. The van der Waals surface area contributed by atoms with Gasteiger partial charge in [0.1, 0.15) is 5.82 Å². The average molecular weight is 370 g/mol. The van der Waals surface area contributed by atoms with E-state index >= 15 is 0 Å². The number of aromatic carboxylic acids is 1. The Bertz CT molecular complexity index is 1110. The number of imidazole rings is 1. The Kier molecular flexibility index (Phi) is 4.94. The molecule has 0 saturated carbocycles. The first-order chi connectivity index (χ1) is 13.7. The molecule has 4 rings (SSSR count). The van der Waals surface area contributed by atoms with Gasteiger partial charge in [0.2, 0.25) is 0 Å². The minimum Gasteiger partial charge on any atom is -0.478 e. The van der Waals surface area contributed by atoms with Gasteiger partial charge in [0.25, 0.3) is 0 Å². The minimum atomic E-state index is -0.905. The minimum absolute atomic E-state index is 0.302. The maximum Gasteiger partial charge on any atom is 0.335 e. The molecule has 0 atom stereocenters. The van der Waals surface area contributed by atoms with Crippen LogP contribution in [0.15, 0.2) is 72.8 Å². The van der Waals surface area contributed by atoms with E-state index in [1.165, 1.54) is 11.1 Å². The Morgan fingerprint density at radius 2 is 1.57 bits per heavy atom. The third-order valence-corrected chi connectivity index (χ3v) is 4.97. The van der Waals surface area contributed by atoms with Gasteiger partial charge in [0.05, 0.1) is 16.6 Å². The molecule has 28 heavy (non-hydrogen) atoms. The van der Waals surface area contributed by atoms with Crippen LogP contribution >= 0.6 is 0 Å². The average Bonchev–Trinajstić information content (AvgIpc) is 3.06. The second-order valence-corrected chi connectivity index (χ2v) is 6.93.